The summed E-state index contributed by atoms with van der Waals surface area (Å²) < 4.78 is 23.5. The Labute approximate surface area is 108 Å². The third-order valence-corrected chi connectivity index (χ3v) is 5.18. The Hall–Kier alpha value is -0.440. The summed E-state index contributed by atoms with van der Waals surface area (Å²) in [6.07, 6.45) is 3.95. The molecular weight excluding hydrogens is 341 g/mol. The Morgan fingerprint density at radius 3 is 3.00 bits per heavy atom. The predicted octanol–water partition coefficient (Wildman–Crippen LogP) is 0.928. The highest BCUT2D eigenvalue weighted by molar-refractivity contribution is 14.1. The normalized spacial score (nSPS) is 23.2. The number of nitrogens with one attached hydrogen (secondary N) is 1. The molecule has 1 aromatic heterocycles. The molecule has 0 aromatic carbocycles. The molecule has 0 radical (unpaired) electrons. The van der Waals surface area contributed by atoms with Gasteiger partial charge in [-0.05, 0) is 34.9 Å². The van der Waals surface area contributed by atoms with Gasteiger partial charge in [-0.2, -0.15) is 0 Å². The highest BCUT2D eigenvalue weighted by Crippen LogP contribution is 2.20. The quantitative estimate of drug-likeness (QED) is 0.819. The van der Waals surface area contributed by atoms with Gasteiger partial charge in [0.1, 0.15) is 12.1 Å². The summed E-state index contributed by atoms with van der Waals surface area (Å²) in [7, 11) is -2.78. The van der Waals surface area contributed by atoms with Gasteiger partial charge >= 0.3 is 0 Å². The van der Waals surface area contributed by atoms with E-state index in [9.17, 15) is 8.42 Å². The van der Waals surface area contributed by atoms with E-state index in [1.165, 1.54) is 6.33 Å². The Morgan fingerprint density at radius 2 is 2.38 bits per heavy atom. The van der Waals surface area contributed by atoms with Crippen LogP contribution in [0.3, 0.4) is 0 Å². The number of hydrogen-bond donors (Lipinski definition) is 1. The maximum atomic E-state index is 11.3. The van der Waals surface area contributed by atoms with E-state index in [4.69, 9.17) is 0 Å². The topological polar surface area (TPSA) is 72.0 Å². The number of halogens is 1. The molecule has 1 saturated heterocycles. The van der Waals surface area contributed by atoms with Crippen molar-refractivity contribution in [1.82, 2.24) is 9.97 Å². The summed E-state index contributed by atoms with van der Waals surface area (Å²) in [5.74, 6) is 1.60. The van der Waals surface area contributed by atoms with Gasteiger partial charge in [0.25, 0.3) is 0 Å². The Morgan fingerprint density at radius 1 is 1.56 bits per heavy atom. The van der Waals surface area contributed by atoms with Crippen LogP contribution in [0.2, 0.25) is 0 Å². The summed E-state index contributed by atoms with van der Waals surface area (Å²) >= 11 is 2.15. The molecule has 0 spiro atoms. The van der Waals surface area contributed by atoms with Crippen LogP contribution in [0.5, 0.6) is 0 Å². The second-order valence-corrected chi connectivity index (χ2v) is 7.26. The first-order valence-corrected chi connectivity index (χ1v) is 7.86. The molecular formula is C9H12IN3O2S. The molecule has 1 unspecified atom stereocenters. The Balaban J connectivity index is 1.92. The van der Waals surface area contributed by atoms with Gasteiger partial charge in [-0.3, -0.25) is 0 Å². The van der Waals surface area contributed by atoms with Crippen LogP contribution in [0, 0.1) is 9.49 Å². The average molecular weight is 353 g/mol. The van der Waals surface area contributed by atoms with Crippen molar-refractivity contribution in [2.45, 2.75) is 6.42 Å². The monoisotopic (exact) mass is 353 g/mol. The van der Waals surface area contributed by atoms with Crippen LogP contribution in [0.15, 0.2) is 12.5 Å². The van der Waals surface area contributed by atoms with Gasteiger partial charge in [-0.25, -0.2) is 18.4 Å². The van der Waals surface area contributed by atoms with Crippen LogP contribution in [-0.4, -0.2) is 36.4 Å². The van der Waals surface area contributed by atoms with Crippen molar-refractivity contribution in [3.63, 3.8) is 0 Å². The molecule has 1 atom stereocenters. The average Bonchev–Trinajstić information content (AvgIpc) is 2.57. The largest absolute Gasteiger partial charge is 0.369 e. The first-order chi connectivity index (χ1) is 7.57. The second-order valence-electron chi connectivity index (χ2n) is 3.87. The predicted molar refractivity (Wildman–Crippen MR) is 70.0 cm³/mol. The van der Waals surface area contributed by atoms with Gasteiger partial charge in [-0.1, -0.05) is 0 Å². The molecule has 5 nitrogen and oxygen atoms in total. The SMILES string of the molecule is O=S1(=O)CCC(CNc2ncncc2I)C1. The molecule has 2 rings (SSSR count). The van der Waals surface area contributed by atoms with Crippen molar-refractivity contribution in [1.29, 1.82) is 0 Å². The van der Waals surface area contributed by atoms with E-state index < -0.39 is 9.84 Å². The Kier molecular flexibility index (Phi) is 3.63. The molecule has 88 valence electrons. The minimum atomic E-state index is -2.78. The fourth-order valence-corrected chi connectivity index (χ4v) is 4.07. The summed E-state index contributed by atoms with van der Waals surface area (Å²) in [5.41, 5.74) is 0. The number of nitrogens with zero attached hydrogens (tertiary/aromatic N) is 2. The van der Waals surface area contributed by atoms with Gasteiger partial charge in [0, 0.05) is 12.7 Å². The van der Waals surface area contributed by atoms with Crippen LogP contribution >= 0.6 is 22.6 Å². The zero-order valence-electron chi connectivity index (χ0n) is 8.56. The number of hydrogen-bond acceptors (Lipinski definition) is 5. The van der Waals surface area contributed by atoms with Crippen molar-refractivity contribution in [3.05, 3.63) is 16.1 Å². The van der Waals surface area contributed by atoms with Crippen molar-refractivity contribution in [3.8, 4) is 0 Å². The number of aromatic nitrogens is 2. The highest BCUT2D eigenvalue weighted by Gasteiger charge is 2.27. The lowest BCUT2D eigenvalue weighted by atomic mass is 10.1. The fraction of sp³-hybridized carbons (Fsp3) is 0.556. The summed E-state index contributed by atoms with van der Waals surface area (Å²) in [4.78, 5) is 7.99. The zero-order valence-corrected chi connectivity index (χ0v) is 11.5. The molecule has 7 heteroatoms. The Bertz CT molecular complexity index is 477. The molecule has 0 bridgehead atoms. The lowest BCUT2D eigenvalue weighted by molar-refractivity contribution is 0.595. The molecule has 1 aliphatic rings. The molecule has 0 aliphatic carbocycles. The second kappa shape index (κ2) is 4.82. The first-order valence-electron chi connectivity index (χ1n) is 4.96. The molecule has 0 saturated carbocycles. The molecule has 1 N–H and O–H groups in total. The lowest BCUT2D eigenvalue weighted by Crippen LogP contribution is -2.16. The van der Waals surface area contributed by atoms with Gasteiger partial charge in [0.2, 0.25) is 0 Å². The minimum absolute atomic E-state index is 0.204. The lowest BCUT2D eigenvalue weighted by Gasteiger charge is -2.10. The zero-order chi connectivity index (χ0) is 11.6. The highest BCUT2D eigenvalue weighted by atomic mass is 127. The van der Waals surface area contributed by atoms with Crippen molar-refractivity contribution in [2.24, 2.45) is 5.92 Å². The molecule has 1 aromatic rings. The standard InChI is InChI=1S/C9H12IN3O2S/c10-8-4-11-6-13-9(8)12-3-7-1-2-16(14,15)5-7/h4,6-7H,1-3,5H2,(H,11,12,13). The van der Waals surface area contributed by atoms with Crippen LogP contribution < -0.4 is 5.32 Å². The van der Waals surface area contributed by atoms with E-state index in [1.54, 1.807) is 6.20 Å². The van der Waals surface area contributed by atoms with Gasteiger partial charge < -0.3 is 5.32 Å². The molecule has 2 heterocycles. The summed E-state index contributed by atoms with van der Waals surface area (Å²) in [5, 5.41) is 3.17. The van der Waals surface area contributed by atoms with Crippen LogP contribution in [0.1, 0.15) is 6.42 Å². The van der Waals surface area contributed by atoms with Crippen molar-refractivity contribution in [2.75, 3.05) is 23.4 Å². The molecule has 1 aliphatic heterocycles. The van der Waals surface area contributed by atoms with Crippen LogP contribution in [0.4, 0.5) is 5.82 Å². The number of rotatable bonds is 3. The molecule has 16 heavy (non-hydrogen) atoms. The van der Waals surface area contributed by atoms with Crippen molar-refractivity contribution < 1.29 is 8.42 Å². The van der Waals surface area contributed by atoms with E-state index in [0.717, 1.165) is 15.8 Å². The molecule has 1 fully saturated rings. The van der Waals surface area contributed by atoms with Crippen LogP contribution in [0.25, 0.3) is 0 Å². The van der Waals surface area contributed by atoms with E-state index >= 15 is 0 Å². The molecule has 0 amide bonds. The third-order valence-electron chi connectivity index (χ3n) is 2.55. The van der Waals surface area contributed by atoms with Gasteiger partial charge in [0.15, 0.2) is 9.84 Å². The van der Waals surface area contributed by atoms with E-state index in [2.05, 4.69) is 37.9 Å². The smallest absolute Gasteiger partial charge is 0.150 e. The first kappa shape index (κ1) is 12.0. The van der Waals surface area contributed by atoms with E-state index in [0.29, 0.717) is 18.1 Å². The summed E-state index contributed by atoms with van der Waals surface area (Å²) in [6, 6.07) is 0. The minimum Gasteiger partial charge on any atom is -0.369 e. The summed E-state index contributed by atoms with van der Waals surface area (Å²) in [6.45, 7) is 0.659. The third kappa shape index (κ3) is 3.03. The van der Waals surface area contributed by atoms with E-state index in [1.807, 2.05) is 0 Å². The van der Waals surface area contributed by atoms with Crippen molar-refractivity contribution >= 4 is 38.2 Å². The number of sulfone groups is 1. The maximum Gasteiger partial charge on any atom is 0.150 e. The van der Waals surface area contributed by atoms with Gasteiger partial charge in [0.05, 0.1) is 15.1 Å². The van der Waals surface area contributed by atoms with Gasteiger partial charge in [-0.15, -0.1) is 0 Å². The number of anilines is 1. The van der Waals surface area contributed by atoms with E-state index in [-0.39, 0.29) is 5.92 Å². The fourth-order valence-electron chi connectivity index (χ4n) is 1.72. The maximum absolute atomic E-state index is 11.3. The van der Waals surface area contributed by atoms with Crippen LogP contribution in [-0.2, 0) is 9.84 Å².